The van der Waals surface area contributed by atoms with E-state index < -0.39 is 18.3 Å². The molecule has 2 heterocycles. The zero-order valence-corrected chi connectivity index (χ0v) is 19.7. The lowest BCUT2D eigenvalue weighted by Crippen LogP contribution is -2.49. The van der Waals surface area contributed by atoms with Gasteiger partial charge < -0.3 is 19.5 Å². The van der Waals surface area contributed by atoms with Crippen LogP contribution in [0.2, 0.25) is 0 Å². The third-order valence-corrected chi connectivity index (χ3v) is 6.02. The minimum absolute atomic E-state index is 0.109. The Kier molecular flexibility index (Phi) is 6.50. The Hall–Kier alpha value is -1.65. The van der Waals surface area contributed by atoms with Crippen molar-refractivity contribution in [2.45, 2.75) is 58.5 Å². The lowest BCUT2D eigenvalue weighted by Gasteiger charge is -2.38. The summed E-state index contributed by atoms with van der Waals surface area (Å²) in [6.07, 6.45) is -3.86. The minimum atomic E-state index is -4.28. The molecule has 1 aliphatic rings. The molecule has 1 aliphatic heterocycles. The van der Waals surface area contributed by atoms with Gasteiger partial charge in [0, 0.05) is 30.2 Å². The average molecular weight is 537 g/mol. The number of piperidine rings is 1. The van der Waals surface area contributed by atoms with Gasteiger partial charge in [-0.05, 0) is 73.9 Å². The molecule has 0 unspecified atom stereocenters. The molecule has 1 aromatic carbocycles. The lowest BCUT2D eigenvalue weighted by molar-refractivity contribution is -0.140. The van der Waals surface area contributed by atoms with Gasteiger partial charge in [-0.1, -0.05) is 13.0 Å². The molecule has 1 N–H and O–H groups in total. The fourth-order valence-electron chi connectivity index (χ4n) is 3.77. The van der Waals surface area contributed by atoms with E-state index in [4.69, 9.17) is 4.74 Å². The van der Waals surface area contributed by atoms with Gasteiger partial charge in [-0.2, -0.15) is 13.2 Å². The molecule has 1 aromatic heterocycles. The molecule has 166 valence electrons. The van der Waals surface area contributed by atoms with Gasteiger partial charge in [0.2, 0.25) is 0 Å². The van der Waals surface area contributed by atoms with Crippen molar-refractivity contribution in [1.29, 1.82) is 0 Å². The number of alkyl halides is 3. The highest BCUT2D eigenvalue weighted by atomic mass is 127. The first-order valence-corrected chi connectivity index (χ1v) is 11.0. The van der Waals surface area contributed by atoms with Crippen LogP contribution in [0, 0.1) is 9.62 Å². The Morgan fingerprint density at radius 1 is 1.30 bits per heavy atom. The molecule has 30 heavy (non-hydrogen) atoms. The number of amides is 1. The van der Waals surface area contributed by atoms with E-state index in [1.807, 2.05) is 49.4 Å². The van der Waals surface area contributed by atoms with Gasteiger partial charge in [-0.15, -0.1) is 0 Å². The number of nitrogens with one attached hydrogen (secondary N) is 1. The van der Waals surface area contributed by atoms with Crippen LogP contribution in [0.3, 0.4) is 0 Å². The first kappa shape index (κ1) is 23.0. The third kappa shape index (κ3) is 5.53. The summed E-state index contributed by atoms with van der Waals surface area (Å²) in [6.45, 7) is 7.71. The molecule has 0 bridgehead atoms. The number of aromatic nitrogens is 1. The smallest absolute Gasteiger partial charge is 0.410 e. The normalized spacial score (nSPS) is 20.5. The van der Waals surface area contributed by atoms with E-state index in [1.165, 1.54) is 4.57 Å². The maximum atomic E-state index is 13.0. The number of rotatable bonds is 3. The fourth-order valence-corrected chi connectivity index (χ4v) is 4.51. The molecule has 5 nitrogen and oxygen atoms in total. The Bertz CT molecular complexity index is 921. The van der Waals surface area contributed by atoms with Crippen LogP contribution in [0.25, 0.3) is 10.9 Å². The summed E-state index contributed by atoms with van der Waals surface area (Å²) < 4.78 is 46.2. The van der Waals surface area contributed by atoms with Crippen LogP contribution >= 0.6 is 22.6 Å². The fraction of sp³-hybridized carbons (Fsp3) is 0.571. The van der Waals surface area contributed by atoms with Crippen LogP contribution < -0.4 is 5.32 Å². The number of halogens is 4. The van der Waals surface area contributed by atoms with E-state index in [1.54, 1.807) is 23.1 Å². The van der Waals surface area contributed by atoms with E-state index >= 15 is 0 Å². The molecule has 2 aromatic rings. The van der Waals surface area contributed by atoms with Crippen LogP contribution in [-0.4, -0.2) is 46.5 Å². The first-order valence-electron chi connectivity index (χ1n) is 9.93. The molecule has 0 aliphatic carbocycles. The molecule has 0 spiro atoms. The number of hydrogen-bond donors (Lipinski definition) is 1. The number of likely N-dealkylation sites (tertiary alicyclic amines) is 1. The van der Waals surface area contributed by atoms with Crippen molar-refractivity contribution in [3.8, 4) is 0 Å². The Balaban J connectivity index is 1.74. The number of anilines is 1. The first-order chi connectivity index (χ1) is 13.8. The van der Waals surface area contributed by atoms with Crippen molar-refractivity contribution in [2.24, 2.45) is 5.92 Å². The Morgan fingerprint density at radius 3 is 2.60 bits per heavy atom. The summed E-state index contributed by atoms with van der Waals surface area (Å²) in [5, 5.41) is 4.28. The van der Waals surface area contributed by atoms with Crippen molar-refractivity contribution in [2.75, 3.05) is 18.4 Å². The lowest BCUT2D eigenvalue weighted by atomic mass is 9.93. The van der Waals surface area contributed by atoms with Crippen molar-refractivity contribution in [1.82, 2.24) is 9.47 Å². The van der Waals surface area contributed by atoms with Gasteiger partial charge in [0.05, 0.1) is 9.22 Å². The third-order valence-electron chi connectivity index (χ3n) is 5.13. The van der Waals surface area contributed by atoms with Crippen molar-refractivity contribution >= 4 is 45.3 Å². The maximum absolute atomic E-state index is 13.0. The van der Waals surface area contributed by atoms with E-state index in [0.29, 0.717) is 22.3 Å². The molecule has 1 amide bonds. The van der Waals surface area contributed by atoms with Crippen molar-refractivity contribution in [3.63, 3.8) is 0 Å². The molecular weight excluding hydrogens is 510 g/mol. The largest absolute Gasteiger partial charge is 0.444 e. The SMILES string of the molecule is C[C@H]1CN(C(=O)OC(C)(C)C)CC[C@@H]1Nc1cccc2c1cc(I)n2CC(F)(F)F. The second-order valence-corrected chi connectivity index (χ2v) is 9.96. The number of benzene rings is 1. The van der Waals surface area contributed by atoms with Gasteiger partial charge in [0.15, 0.2) is 0 Å². The molecule has 1 fully saturated rings. The van der Waals surface area contributed by atoms with Crippen LogP contribution in [0.15, 0.2) is 24.3 Å². The van der Waals surface area contributed by atoms with E-state index in [0.717, 1.165) is 17.5 Å². The predicted octanol–water partition coefficient (Wildman–Crippen LogP) is 5.87. The summed E-state index contributed by atoms with van der Waals surface area (Å²) in [5.41, 5.74) is 0.834. The van der Waals surface area contributed by atoms with Gasteiger partial charge in [-0.25, -0.2) is 4.79 Å². The standard InChI is InChI=1S/C21H27F3IN3O2/c1-13-11-27(19(29)30-20(2,3)4)9-8-15(13)26-16-6-5-7-17-14(16)10-18(25)28(17)12-21(22,23)24/h5-7,10,13,15,26H,8-9,11-12H2,1-4H3/t13-,15-/m0/s1. The number of carbonyl (C=O) groups excluding carboxylic acids is 1. The highest BCUT2D eigenvalue weighted by Crippen LogP contribution is 2.32. The highest BCUT2D eigenvalue weighted by Gasteiger charge is 2.32. The molecule has 2 atom stereocenters. The van der Waals surface area contributed by atoms with Crippen LogP contribution in [-0.2, 0) is 11.3 Å². The quantitative estimate of drug-likeness (QED) is 0.499. The van der Waals surface area contributed by atoms with Gasteiger partial charge >= 0.3 is 12.3 Å². The number of fused-ring (bicyclic) bond motifs is 1. The minimum Gasteiger partial charge on any atom is -0.444 e. The van der Waals surface area contributed by atoms with Crippen molar-refractivity contribution < 1.29 is 22.7 Å². The van der Waals surface area contributed by atoms with Crippen LogP contribution in [0.5, 0.6) is 0 Å². The maximum Gasteiger partial charge on any atom is 0.410 e. The van der Waals surface area contributed by atoms with Crippen LogP contribution in [0.1, 0.15) is 34.1 Å². The van der Waals surface area contributed by atoms with Gasteiger partial charge in [0.1, 0.15) is 12.1 Å². The summed E-state index contributed by atoms with van der Waals surface area (Å²) in [5.74, 6) is 0.165. The van der Waals surface area contributed by atoms with E-state index in [2.05, 4.69) is 12.2 Å². The molecule has 3 rings (SSSR count). The zero-order valence-electron chi connectivity index (χ0n) is 17.5. The molecule has 9 heteroatoms. The number of ether oxygens (including phenoxy) is 1. The van der Waals surface area contributed by atoms with Gasteiger partial charge in [0.25, 0.3) is 0 Å². The second kappa shape index (κ2) is 8.47. The topological polar surface area (TPSA) is 46.5 Å². The predicted molar refractivity (Wildman–Crippen MR) is 120 cm³/mol. The number of nitrogens with zero attached hydrogens (tertiary/aromatic N) is 2. The van der Waals surface area contributed by atoms with Crippen molar-refractivity contribution in [3.05, 3.63) is 28.0 Å². The number of hydrogen-bond acceptors (Lipinski definition) is 3. The monoisotopic (exact) mass is 537 g/mol. The van der Waals surface area contributed by atoms with E-state index in [-0.39, 0.29) is 18.1 Å². The Labute approximate surface area is 188 Å². The average Bonchev–Trinajstić information content (AvgIpc) is 2.90. The molecule has 1 saturated heterocycles. The molecule has 0 radical (unpaired) electrons. The second-order valence-electron chi connectivity index (χ2n) is 8.85. The Morgan fingerprint density at radius 2 is 2.00 bits per heavy atom. The summed E-state index contributed by atoms with van der Waals surface area (Å²) in [6, 6.07) is 7.27. The van der Waals surface area contributed by atoms with Crippen LogP contribution in [0.4, 0.5) is 23.7 Å². The van der Waals surface area contributed by atoms with Gasteiger partial charge in [-0.3, -0.25) is 0 Å². The summed E-state index contributed by atoms with van der Waals surface area (Å²) in [4.78, 5) is 14.1. The summed E-state index contributed by atoms with van der Waals surface area (Å²) in [7, 11) is 0. The molecular formula is C21H27F3IN3O2. The zero-order chi connectivity index (χ0) is 22.3. The number of carbonyl (C=O) groups is 1. The molecule has 0 saturated carbocycles. The summed E-state index contributed by atoms with van der Waals surface area (Å²) >= 11 is 1.94. The van der Waals surface area contributed by atoms with E-state index in [9.17, 15) is 18.0 Å². The highest BCUT2D eigenvalue weighted by molar-refractivity contribution is 14.1.